The SMILES string of the molecule is CNC(Cc1ccsc1)C1OCCC1C. The summed E-state index contributed by atoms with van der Waals surface area (Å²) in [7, 11) is 2.03. The maximum absolute atomic E-state index is 5.81. The molecule has 3 atom stereocenters. The largest absolute Gasteiger partial charge is 0.376 e. The number of rotatable bonds is 4. The van der Waals surface area contributed by atoms with Gasteiger partial charge in [0.25, 0.3) is 0 Å². The van der Waals surface area contributed by atoms with Crippen LogP contribution in [0.2, 0.25) is 0 Å². The highest BCUT2D eigenvalue weighted by atomic mass is 32.1. The Hall–Kier alpha value is -0.380. The quantitative estimate of drug-likeness (QED) is 0.849. The van der Waals surface area contributed by atoms with Crippen LogP contribution >= 0.6 is 11.3 Å². The van der Waals surface area contributed by atoms with Crippen molar-refractivity contribution in [2.24, 2.45) is 5.92 Å². The predicted octanol–water partition coefficient (Wildman–Crippen LogP) is 2.30. The van der Waals surface area contributed by atoms with Gasteiger partial charge in [-0.2, -0.15) is 11.3 Å². The minimum atomic E-state index is 0.384. The summed E-state index contributed by atoms with van der Waals surface area (Å²) < 4.78 is 5.81. The van der Waals surface area contributed by atoms with Crippen LogP contribution in [0.5, 0.6) is 0 Å². The molecule has 1 aliphatic heterocycles. The molecule has 1 aliphatic rings. The van der Waals surface area contributed by atoms with Gasteiger partial charge in [0.2, 0.25) is 0 Å². The van der Waals surface area contributed by atoms with Crippen LogP contribution < -0.4 is 5.32 Å². The van der Waals surface area contributed by atoms with Crippen LogP contribution in [-0.2, 0) is 11.2 Å². The van der Waals surface area contributed by atoms with Crippen molar-refractivity contribution in [2.75, 3.05) is 13.7 Å². The van der Waals surface area contributed by atoms with Crippen LogP contribution in [0.25, 0.3) is 0 Å². The van der Waals surface area contributed by atoms with Crippen molar-refractivity contribution in [3.8, 4) is 0 Å². The second-order valence-corrected chi connectivity index (χ2v) is 5.11. The van der Waals surface area contributed by atoms with Gasteiger partial charge < -0.3 is 10.1 Å². The molecule has 3 heteroatoms. The molecule has 0 bridgehead atoms. The summed E-state index contributed by atoms with van der Waals surface area (Å²) in [5, 5.41) is 7.76. The summed E-state index contributed by atoms with van der Waals surface area (Å²) in [6, 6.07) is 2.66. The Kier molecular flexibility index (Phi) is 3.78. The topological polar surface area (TPSA) is 21.3 Å². The van der Waals surface area contributed by atoms with E-state index in [9.17, 15) is 0 Å². The van der Waals surface area contributed by atoms with Gasteiger partial charge in [-0.25, -0.2) is 0 Å². The molecule has 1 aromatic heterocycles. The molecule has 2 nitrogen and oxygen atoms in total. The lowest BCUT2D eigenvalue weighted by atomic mass is 9.94. The van der Waals surface area contributed by atoms with Crippen molar-refractivity contribution in [3.05, 3.63) is 22.4 Å². The van der Waals surface area contributed by atoms with Gasteiger partial charge in [0, 0.05) is 12.6 Å². The van der Waals surface area contributed by atoms with E-state index in [4.69, 9.17) is 4.74 Å². The lowest BCUT2D eigenvalue weighted by molar-refractivity contribution is 0.0634. The minimum absolute atomic E-state index is 0.384. The van der Waals surface area contributed by atoms with E-state index in [0.29, 0.717) is 18.1 Å². The summed E-state index contributed by atoms with van der Waals surface area (Å²) in [5.74, 6) is 0.682. The molecule has 1 N–H and O–H groups in total. The molecule has 1 fully saturated rings. The van der Waals surface area contributed by atoms with E-state index in [0.717, 1.165) is 13.0 Å². The van der Waals surface area contributed by atoms with Crippen LogP contribution in [0.15, 0.2) is 16.8 Å². The fraction of sp³-hybridized carbons (Fsp3) is 0.667. The number of hydrogen-bond acceptors (Lipinski definition) is 3. The van der Waals surface area contributed by atoms with Gasteiger partial charge >= 0.3 is 0 Å². The second kappa shape index (κ2) is 5.10. The van der Waals surface area contributed by atoms with E-state index < -0.39 is 0 Å². The molecule has 3 unspecified atom stereocenters. The molecule has 1 aromatic rings. The summed E-state index contributed by atoms with van der Waals surface area (Å²) in [6.07, 6.45) is 2.66. The van der Waals surface area contributed by atoms with Crippen LogP contribution in [0.3, 0.4) is 0 Å². The zero-order chi connectivity index (χ0) is 10.7. The number of thiophene rings is 1. The Morgan fingerprint density at radius 2 is 2.53 bits per heavy atom. The van der Waals surface area contributed by atoms with E-state index >= 15 is 0 Å². The maximum atomic E-state index is 5.81. The van der Waals surface area contributed by atoms with Crippen molar-refractivity contribution in [3.63, 3.8) is 0 Å². The van der Waals surface area contributed by atoms with Gasteiger partial charge in [-0.05, 0) is 48.2 Å². The van der Waals surface area contributed by atoms with Gasteiger partial charge in [-0.3, -0.25) is 0 Å². The Labute approximate surface area is 95.6 Å². The van der Waals surface area contributed by atoms with Gasteiger partial charge in [-0.1, -0.05) is 6.92 Å². The normalized spacial score (nSPS) is 28.1. The Bertz CT molecular complexity index is 286. The average molecular weight is 225 g/mol. The molecular formula is C12H19NOS. The molecule has 2 rings (SSSR count). The molecule has 0 saturated carbocycles. The first-order valence-corrected chi connectivity index (χ1v) is 6.55. The van der Waals surface area contributed by atoms with Crippen molar-refractivity contribution < 1.29 is 4.74 Å². The van der Waals surface area contributed by atoms with Gasteiger partial charge in [0.05, 0.1) is 6.10 Å². The molecule has 0 spiro atoms. The highest BCUT2D eigenvalue weighted by molar-refractivity contribution is 7.07. The lowest BCUT2D eigenvalue weighted by Crippen LogP contribution is -2.41. The first-order chi connectivity index (χ1) is 7.31. The van der Waals surface area contributed by atoms with E-state index in [1.54, 1.807) is 11.3 Å². The van der Waals surface area contributed by atoms with Gasteiger partial charge in [-0.15, -0.1) is 0 Å². The third kappa shape index (κ3) is 2.60. The summed E-state index contributed by atoms with van der Waals surface area (Å²) in [5.41, 5.74) is 1.42. The van der Waals surface area contributed by atoms with Crippen molar-refractivity contribution in [1.29, 1.82) is 0 Å². The molecule has 2 heterocycles. The molecule has 0 aliphatic carbocycles. The molecule has 0 aromatic carbocycles. The van der Waals surface area contributed by atoms with Crippen LogP contribution in [0.4, 0.5) is 0 Å². The Balaban J connectivity index is 1.97. The molecule has 84 valence electrons. The third-order valence-electron chi connectivity index (χ3n) is 3.25. The first-order valence-electron chi connectivity index (χ1n) is 5.61. The standard InChI is InChI=1S/C12H19NOS/c1-9-3-5-14-12(9)11(13-2)7-10-4-6-15-8-10/h4,6,8-9,11-13H,3,5,7H2,1-2H3. The Morgan fingerprint density at radius 1 is 1.67 bits per heavy atom. The predicted molar refractivity (Wildman–Crippen MR) is 64.4 cm³/mol. The number of nitrogens with one attached hydrogen (secondary N) is 1. The summed E-state index contributed by atoms with van der Waals surface area (Å²) in [4.78, 5) is 0. The molecule has 0 radical (unpaired) electrons. The van der Waals surface area contributed by atoms with Gasteiger partial charge in [0.1, 0.15) is 0 Å². The third-order valence-corrected chi connectivity index (χ3v) is 3.98. The van der Waals surface area contributed by atoms with E-state index in [2.05, 4.69) is 29.1 Å². The summed E-state index contributed by atoms with van der Waals surface area (Å²) in [6.45, 7) is 3.21. The highest BCUT2D eigenvalue weighted by Gasteiger charge is 2.31. The molecule has 0 amide bonds. The molecule has 1 saturated heterocycles. The number of ether oxygens (including phenoxy) is 1. The molecule has 15 heavy (non-hydrogen) atoms. The van der Waals surface area contributed by atoms with E-state index in [-0.39, 0.29) is 0 Å². The van der Waals surface area contributed by atoms with Gasteiger partial charge in [0.15, 0.2) is 0 Å². The zero-order valence-corrected chi connectivity index (χ0v) is 10.2. The number of hydrogen-bond donors (Lipinski definition) is 1. The van der Waals surface area contributed by atoms with Crippen LogP contribution in [0, 0.1) is 5.92 Å². The average Bonchev–Trinajstić information content (AvgIpc) is 2.85. The monoisotopic (exact) mass is 225 g/mol. The maximum Gasteiger partial charge on any atom is 0.0757 e. The summed E-state index contributed by atoms with van der Waals surface area (Å²) >= 11 is 1.77. The first kappa shape index (κ1) is 11.1. The zero-order valence-electron chi connectivity index (χ0n) is 9.40. The fourth-order valence-corrected chi connectivity index (χ4v) is 2.96. The van der Waals surface area contributed by atoms with E-state index in [1.165, 1.54) is 12.0 Å². The Morgan fingerprint density at radius 3 is 3.07 bits per heavy atom. The smallest absolute Gasteiger partial charge is 0.0757 e. The van der Waals surface area contributed by atoms with Crippen molar-refractivity contribution >= 4 is 11.3 Å². The fourth-order valence-electron chi connectivity index (χ4n) is 2.28. The van der Waals surface area contributed by atoms with Crippen LogP contribution in [0.1, 0.15) is 18.9 Å². The lowest BCUT2D eigenvalue weighted by Gasteiger charge is -2.25. The minimum Gasteiger partial charge on any atom is -0.376 e. The van der Waals surface area contributed by atoms with Crippen molar-refractivity contribution in [2.45, 2.75) is 31.9 Å². The highest BCUT2D eigenvalue weighted by Crippen LogP contribution is 2.24. The molecular weight excluding hydrogens is 206 g/mol. The second-order valence-electron chi connectivity index (χ2n) is 4.33. The van der Waals surface area contributed by atoms with Crippen molar-refractivity contribution in [1.82, 2.24) is 5.32 Å². The number of likely N-dealkylation sites (N-methyl/N-ethyl adjacent to an activating group) is 1. The van der Waals surface area contributed by atoms with Crippen LogP contribution in [-0.4, -0.2) is 25.8 Å². The van der Waals surface area contributed by atoms with E-state index in [1.807, 2.05) is 7.05 Å².